The standard InChI is InChI=1S/C17H23N3O2/c1-13-4-5-14(2)16(10-13)22-9-8-20(3)17(21)7-6-15-11-18-19-12-15/h4-5,10-12H,6-9H2,1-3H3,(H,18,19). The van der Waals surface area contributed by atoms with Crippen molar-refractivity contribution in [2.24, 2.45) is 0 Å². The summed E-state index contributed by atoms with van der Waals surface area (Å²) in [5.74, 6) is 1.00. The van der Waals surface area contributed by atoms with Gasteiger partial charge in [-0.1, -0.05) is 12.1 Å². The average molecular weight is 301 g/mol. The topological polar surface area (TPSA) is 58.2 Å². The summed E-state index contributed by atoms with van der Waals surface area (Å²) in [6, 6.07) is 6.13. The maximum Gasteiger partial charge on any atom is 0.222 e. The van der Waals surface area contributed by atoms with Crippen LogP contribution in [0, 0.1) is 13.8 Å². The van der Waals surface area contributed by atoms with Crippen molar-refractivity contribution in [3.8, 4) is 5.75 Å². The number of rotatable bonds is 7. The minimum atomic E-state index is 0.116. The predicted molar refractivity (Wildman–Crippen MR) is 86.0 cm³/mol. The van der Waals surface area contributed by atoms with Crippen LogP contribution in [0.4, 0.5) is 0 Å². The Morgan fingerprint density at radius 2 is 2.18 bits per heavy atom. The Balaban J connectivity index is 1.73. The Morgan fingerprint density at radius 1 is 1.36 bits per heavy atom. The summed E-state index contributed by atoms with van der Waals surface area (Å²) in [6.45, 7) is 5.14. The molecule has 0 radical (unpaired) electrons. The van der Waals surface area contributed by atoms with Gasteiger partial charge in [-0.15, -0.1) is 0 Å². The van der Waals surface area contributed by atoms with Crippen molar-refractivity contribution in [1.82, 2.24) is 15.1 Å². The number of hydrogen-bond acceptors (Lipinski definition) is 3. The molecule has 22 heavy (non-hydrogen) atoms. The van der Waals surface area contributed by atoms with E-state index in [4.69, 9.17) is 4.74 Å². The van der Waals surface area contributed by atoms with E-state index in [0.29, 0.717) is 26.0 Å². The molecule has 1 N–H and O–H groups in total. The lowest BCUT2D eigenvalue weighted by atomic mass is 10.1. The van der Waals surface area contributed by atoms with Gasteiger partial charge in [0.2, 0.25) is 5.91 Å². The molecule has 0 spiro atoms. The van der Waals surface area contributed by atoms with Crippen molar-refractivity contribution in [3.05, 3.63) is 47.3 Å². The lowest BCUT2D eigenvalue weighted by Gasteiger charge is -2.18. The molecule has 0 saturated heterocycles. The summed E-state index contributed by atoms with van der Waals surface area (Å²) in [7, 11) is 1.81. The third-order valence-corrected chi connectivity index (χ3v) is 3.64. The van der Waals surface area contributed by atoms with Crippen LogP contribution in [0.25, 0.3) is 0 Å². The summed E-state index contributed by atoms with van der Waals surface area (Å²) in [5, 5.41) is 6.62. The number of carbonyl (C=O) groups excluding carboxylic acids is 1. The van der Waals surface area contributed by atoms with Crippen molar-refractivity contribution < 1.29 is 9.53 Å². The number of H-pyrrole nitrogens is 1. The molecule has 0 aliphatic carbocycles. The van der Waals surface area contributed by atoms with Crippen LogP contribution in [-0.4, -0.2) is 41.2 Å². The summed E-state index contributed by atoms with van der Waals surface area (Å²) >= 11 is 0. The molecule has 1 aromatic heterocycles. The highest BCUT2D eigenvalue weighted by atomic mass is 16.5. The molecule has 2 rings (SSSR count). The van der Waals surface area contributed by atoms with E-state index in [1.54, 1.807) is 11.1 Å². The fraction of sp³-hybridized carbons (Fsp3) is 0.412. The van der Waals surface area contributed by atoms with Gasteiger partial charge in [-0.05, 0) is 43.0 Å². The van der Waals surface area contributed by atoms with Gasteiger partial charge in [-0.2, -0.15) is 5.10 Å². The number of amides is 1. The minimum Gasteiger partial charge on any atom is -0.491 e. The van der Waals surface area contributed by atoms with Crippen LogP contribution in [0.3, 0.4) is 0 Å². The molecule has 1 heterocycles. The second-order valence-corrected chi connectivity index (χ2v) is 5.54. The molecular weight excluding hydrogens is 278 g/mol. The average Bonchev–Trinajstić information content (AvgIpc) is 3.01. The predicted octanol–water partition coefficient (Wildman–Crippen LogP) is 2.50. The SMILES string of the molecule is Cc1ccc(C)c(OCCN(C)C(=O)CCc2cn[nH]c2)c1. The van der Waals surface area contributed by atoms with Gasteiger partial charge in [0.1, 0.15) is 12.4 Å². The van der Waals surface area contributed by atoms with E-state index in [9.17, 15) is 4.79 Å². The van der Waals surface area contributed by atoms with E-state index < -0.39 is 0 Å². The molecule has 0 saturated carbocycles. The highest BCUT2D eigenvalue weighted by Crippen LogP contribution is 2.18. The Labute approximate surface area is 131 Å². The van der Waals surface area contributed by atoms with Crippen LogP contribution in [-0.2, 0) is 11.2 Å². The minimum absolute atomic E-state index is 0.116. The van der Waals surface area contributed by atoms with Crippen LogP contribution in [0.5, 0.6) is 5.75 Å². The van der Waals surface area contributed by atoms with E-state index in [2.05, 4.69) is 16.3 Å². The number of ether oxygens (including phenoxy) is 1. The summed E-state index contributed by atoms with van der Waals surface area (Å²) < 4.78 is 5.78. The Kier molecular flexibility index (Phi) is 5.58. The number of likely N-dealkylation sites (N-methyl/N-ethyl adjacent to an activating group) is 1. The van der Waals surface area contributed by atoms with Gasteiger partial charge < -0.3 is 9.64 Å². The molecule has 5 heteroatoms. The first kappa shape index (κ1) is 16.1. The van der Waals surface area contributed by atoms with Crippen LogP contribution >= 0.6 is 0 Å². The van der Waals surface area contributed by atoms with Crippen LogP contribution in [0.1, 0.15) is 23.1 Å². The first-order valence-corrected chi connectivity index (χ1v) is 7.48. The molecule has 2 aromatic rings. The molecule has 0 aliphatic heterocycles. The highest BCUT2D eigenvalue weighted by molar-refractivity contribution is 5.76. The van der Waals surface area contributed by atoms with E-state index in [1.807, 2.05) is 39.2 Å². The molecule has 0 unspecified atom stereocenters. The third-order valence-electron chi connectivity index (χ3n) is 3.64. The highest BCUT2D eigenvalue weighted by Gasteiger charge is 2.09. The fourth-order valence-electron chi connectivity index (χ4n) is 2.14. The number of nitrogens with zero attached hydrogens (tertiary/aromatic N) is 2. The number of nitrogens with one attached hydrogen (secondary N) is 1. The Morgan fingerprint density at radius 3 is 2.91 bits per heavy atom. The number of carbonyl (C=O) groups is 1. The number of hydrogen-bond donors (Lipinski definition) is 1. The van der Waals surface area contributed by atoms with Crippen molar-refractivity contribution in [3.63, 3.8) is 0 Å². The molecule has 5 nitrogen and oxygen atoms in total. The van der Waals surface area contributed by atoms with Gasteiger partial charge in [0.15, 0.2) is 0 Å². The number of aromatic nitrogens is 2. The third kappa shape index (κ3) is 4.62. The first-order valence-electron chi connectivity index (χ1n) is 7.48. The number of benzene rings is 1. The lowest BCUT2D eigenvalue weighted by Crippen LogP contribution is -2.31. The zero-order valence-corrected chi connectivity index (χ0v) is 13.4. The van der Waals surface area contributed by atoms with Crippen molar-refractivity contribution in [2.45, 2.75) is 26.7 Å². The van der Waals surface area contributed by atoms with Gasteiger partial charge in [0.05, 0.1) is 12.7 Å². The summed E-state index contributed by atoms with van der Waals surface area (Å²) in [4.78, 5) is 13.8. The molecule has 1 aromatic carbocycles. The molecule has 0 bridgehead atoms. The molecule has 0 aliphatic rings. The van der Waals surface area contributed by atoms with Crippen LogP contribution in [0.2, 0.25) is 0 Å². The number of aromatic amines is 1. The Hall–Kier alpha value is -2.30. The molecular formula is C17H23N3O2. The zero-order valence-electron chi connectivity index (χ0n) is 13.4. The Bertz CT molecular complexity index is 608. The van der Waals surface area contributed by atoms with Gasteiger partial charge in [0, 0.05) is 19.7 Å². The second kappa shape index (κ2) is 7.64. The van der Waals surface area contributed by atoms with E-state index in [1.165, 1.54) is 5.56 Å². The zero-order chi connectivity index (χ0) is 15.9. The van der Waals surface area contributed by atoms with Crippen molar-refractivity contribution in [2.75, 3.05) is 20.2 Å². The van der Waals surface area contributed by atoms with Crippen molar-refractivity contribution in [1.29, 1.82) is 0 Å². The lowest BCUT2D eigenvalue weighted by molar-refractivity contribution is -0.130. The molecule has 0 atom stereocenters. The molecule has 118 valence electrons. The van der Waals surface area contributed by atoms with Crippen LogP contribution in [0.15, 0.2) is 30.6 Å². The van der Waals surface area contributed by atoms with E-state index >= 15 is 0 Å². The van der Waals surface area contributed by atoms with E-state index in [-0.39, 0.29) is 5.91 Å². The first-order chi connectivity index (χ1) is 10.6. The smallest absolute Gasteiger partial charge is 0.222 e. The van der Waals surface area contributed by atoms with Crippen LogP contribution < -0.4 is 4.74 Å². The van der Waals surface area contributed by atoms with Gasteiger partial charge in [0.25, 0.3) is 0 Å². The fourth-order valence-corrected chi connectivity index (χ4v) is 2.14. The monoisotopic (exact) mass is 301 g/mol. The molecule has 1 amide bonds. The maximum atomic E-state index is 12.0. The second-order valence-electron chi connectivity index (χ2n) is 5.54. The largest absolute Gasteiger partial charge is 0.491 e. The van der Waals surface area contributed by atoms with Gasteiger partial charge >= 0.3 is 0 Å². The number of aryl methyl sites for hydroxylation is 3. The van der Waals surface area contributed by atoms with Gasteiger partial charge in [-0.25, -0.2) is 0 Å². The van der Waals surface area contributed by atoms with E-state index in [0.717, 1.165) is 16.9 Å². The van der Waals surface area contributed by atoms with Crippen molar-refractivity contribution >= 4 is 5.91 Å². The maximum absolute atomic E-state index is 12.0. The normalized spacial score (nSPS) is 10.5. The van der Waals surface area contributed by atoms with Gasteiger partial charge in [-0.3, -0.25) is 9.89 Å². The molecule has 0 fully saturated rings. The summed E-state index contributed by atoms with van der Waals surface area (Å²) in [6.07, 6.45) is 4.75. The summed E-state index contributed by atoms with van der Waals surface area (Å²) in [5.41, 5.74) is 3.33. The quantitative estimate of drug-likeness (QED) is 0.855.